The number of methoxy groups -OCH3 is 2. The third-order valence-electron chi connectivity index (χ3n) is 5.98. The molecule has 0 N–H and O–H groups in total. The second-order valence-corrected chi connectivity index (χ2v) is 8.04. The molecule has 0 unspecified atom stereocenters. The molecule has 0 aromatic heterocycles. The molecule has 3 aromatic rings. The van der Waals surface area contributed by atoms with Gasteiger partial charge >= 0.3 is 0 Å². The molecule has 9 heteroatoms. The summed E-state index contributed by atoms with van der Waals surface area (Å²) in [6.07, 6.45) is 0. The number of hydrogen-bond acceptors (Lipinski definition) is 7. The highest BCUT2D eigenvalue weighted by atomic mass is 16.6. The number of benzene rings is 3. The van der Waals surface area contributed by atoms with Gasteiger partial charge in [-0.05, 0) is 24.3 Å². The van der Waals surface area contributed by atoms with Crippen LogP contribution in [0.15, 0.2) is 66.7 Å². The van der Waals surface area contributed by atoms with Crippen molar-refractivity contribution in [2.75, 3.05) is 45.3 Å². The predicted octanol–water partition coefficient (Wildman–Crippen LogP) is 3.81. The Morgan fingerprint density at radius 1 is 0.800 bits per heavy atom. The Morgan fingerprint density at radius 2 is 1.43 bits per heavy atom. The van der Waals surface area contributed by atoms with E-state index in [0.717, 1.165) is 0 Å². The van der Waals surface area contributed by atoms with Crippen LogP contribution in [0.25, 0.3) is 0 Å². The van der Waals surface area contributed by atoms with Crippen molar-refractivity contribution in [3.05, 3.63) is 93.5 Å². The lowest BCUT2D eigenvalue weighted by molar-refractivity contribution is -0.384. The molecule has 1 saturated heterocycles. The molecule has 35 heavy (non-hydrogen) atoms. The smallest absolute Gasteiger partial charge is 0.293 e. The van der Waals surface area contributed by atoms with Gasteiger partial charge in [0.2, 0.25) is 0 Å². The van der Waals surface area contributed by atoms with Crippen molar-refractivity contribution >= 4 is 23.1 Å². The zero-order valence-corrected chi connectivity index (χ0v) is 19.5. The van der Waals surface area contributed by atoms with Crippen molar-refractivity contribution in [1.82, 2.24) is 4.90 Å². The van der Waals surface area contributed by atoms with Gasteiger partial charge in [-0.25, -0.2) is 0 Å². The molecule has 3 aromatic carbocycles. The quantitative estimate of drug-likeness (QED) is 0.291. The molecule has 1 aliphatic rings. The van der Waals surface area contributed by atoms with Crippen LogP contribution in [-0.4, -0.2) is 61.9 Å². The van der Waals surface area contributed by atoms with Crippen LogP contribution in [0.2, 0.25) is 0 Å². The second kappa shape index (κ2) is 10.3. The Labute approximate surface area is 202 Å². The largest absolute Gasteiger partial charge is 0.497 e. The van der Waals surface area contributed by atoms with Gasteiger partial charge in [-0.1, -0.05) is 30.3 Å². The summed E-state index contributed by atoms with van der Waals surface area (Å²) < 4.78 is 10.5. The molecule has 1 heterocycles. The van der Waals surface area contributed by atoms with Crippen LogP contribution in [-0.2, 0) is 0 Å². The number of nitro groups is 1. The number of piperazine rings is 1. The Balaban J connectivity index is 1.50. The van der Waals surface area contributed by atoms with Crippen LogP contribution in [0.5, 0.6) is 11.5 Å². The third kappa shape index (κ3) is 5.08. The number of hydrogen-bond donors (Lipinski definition) is 0. The minimum Gasteiger partial charge on any atom is -0.497 e. The fraction of sp³-hybridized carbons (Fsp3) is 0.231. The molecule has 0 atom stereocenters. The Hall–Kier alpha value is -4.40. The third-order valence-corrected chi connectivity index (χ3v) is 5.98. The van der Waals surface area contributed by atoms with Crippen molar-refractivity contribution in [2.45, 2.75) is 0 Å². The first-order valence-electron chi connectivity index (χ1n) is 11.1. The number of nitro benzene ring substituents is 1. The van der Waals surface area contributed by atoms with Crippen molar-refractivity contribution in [3.63, 3.8) is 0 Å². The van der Waals surface area contributed by atoms with Gasteiger partial charge < -0.3 is 19.3 Å². The summed E-state index contributed by atoms with van der Waals surface area (Å²) in [4.78, 5) is 40.7. The van der Waals surface area contributed by atoms with E-state index in [1.807, 2.05) is 4.90 Å². The fourth-order valence-electron chi connectivity index (χ4n) is 4.10. The summed E-state index contributed by atoms with van der Waals surface area (Å²) in [5.74, 6) is 0.601. The molecule has 0 spiro atoms. The van der Waals surface area contributed by atoms with Gasteiger partial charge in [0.1, 0.15) is 17.2 Å². The van der Waals surface area contributed by atoms with E-state index in [-0.39, 0.29) is 22.9 Å². The van der Waals surface area contributed by atoms with Crippen molar-refractivity contribution in [2.24, 2.45) is 0 Å². The summed E-state index contributed by atoms with van der Waals surface area (Å²) in [5, 5.41) is 11.8. The molecule has 1 fully saturated rings. The zero-order chi connectivity index (χ0) is 24.9. The number of ketones is 1. The number of ether oxygens (including phenoxy) is 2. The molecule has 0 radical (unpaired) electrons. The van der Waals surface area contributed by atoms with Crippen molar-refractivity contribution in [1.29, 1.82) is 0 Å². The molecule has 0 bridgehead atoms. The van der Waals surface area contributed by atoms with Gasteiger partial charge in [0, 0.05) is 55.0 Å². The highest BCUT2D eigenvalue weighted by Gasteiger charge is 2.28. The molecule has 1 aliphatic heterocycles. The van der Waals surface area contributed by atoms with E-state index in [9.17, 15) is 19.7 Å². The van der Waals surface area contributed by atoms with E-state index >= 15 is 0 Å². The lowest BCUT2D eigenvalue weighted by Gasteiger charge is -2.36. The topological polar surface area (TPSA) is 102 Å². The predicted molar refractivity (Wildman–Crippen MR) is 131 cm³/mol. The van der Waals surface area contributed by atoms with Crippen LogP contribution >= 0.6 is 0 Å². The van der Waals surface area contributed by atoms with E-state index in [1.165, 1.54) is 20.3 Å². The van der Waals surface area contributed by atoms with Gasteiger partial charge in [-0.3, -0.25) is 19.7 Å². The van der Waals surface area contributed by atoms with E-state index in [1.54, 1.807) is 65.6 Å². The Bertz CT molecular complexity index is 1230. The monoisotopic (exact) mass is 475 g/mol. The fourth-order valence-corrected chi connectivity index (χ4v) is 4.10. The van der Waals surface area contributed by atoms with Gasteiger partial charge in [0.05, 0.1) is 19.1 Å². The summed E-state index contributed by atoms with van der Waals surface area (Å²) in [6, 6.07) is 18.2. The molecule has 180 valence electrons. The number of carbonyl (C=O) groups is 2. The zero-order valence-electron chi connectivity index (χ0n) is 19.5. The first-order valence-corrected chi connectivity index (χ1v) is 11.1. The number of amides is 1. The van der Waals surface area contributed by atoms with Crippen LogP contribution in [0.4, 0.5) is 11.4 Å². The molecule has 9 nitrogen and oxygen atoms in total. The summed E-state index contributed by atoms with van der Waals surface area (Å²) in [5.41, 5.74) is 1.46. The maximum absolute atomic E-state index is 13.1. The van der Waals surface area contributed by atoms with E-state index in [0.29, 0.717) is 54.5 Å². The van der Waals surface area contributed by atoms with Gasteiger partial charge in [-0.15, -0.1) is 0 Å². The minimum absolute atomic E-state index is 0.135. The first kappa shape index (κ1) is 23.7. The van der Waals surface area contributed by atoms with E-state index in [2.05, 4.69) is 0 Å². The lowest BCUT2D eigenvalue weighted by atomic mass is 10.0. The standard InChI is InChI=1S/C26H25N3O6/c1-34-21-14-20(15-22(17-21)35-2)26(31)28-12-10-27(11-13-28)23-9-8-19(16-24(23)29(32)33)25(30)18-6-4-3-5-7-18/h3-9,14-17H,10-13H2,1-2H3. The summed E-state index contributed by atoms with van der Waals surface area (Å²) in [7, 11) is 3.04. The maximum Gasteiger partial charge on any atom is 0.293 e. The molecule has 1 amide bonds. The first-order chi connectivity index (χ1) is 16.9. The van der Waals surface area contributed by atoms with Gasteiger partial charge in [0.25, 0.3) is 11.6 Å². The lowest BCUT2D eigenvalue weighted by Crippen LogP contribution is -2.49. The summed E-state index contributed by atoms with van der Waals surface area (Å²) in [6.45, 7) is 1.61. The number of anilines is 1. The van der Waals surface area contributed by atoms with Crippen LogP contribution < -0.4 is 14.4 Å². The van der Waals surface area contributed by atoms with Crippen LogP contribution in [0.1, 0.15) is 26.3 Å². The molecule has 4 rings (SSSR count). The van der Waals surface area contributed by atoms with Crippen LogP contribution in [0, 0.1) is 10.1 Å². The van der Waals surface area contributed by atoms with Gasteiger partial charge in [-0.2, -0.15) is 0 Å². The normalized spacial score (nSPS) is 13.3. The average molecular weight is 476 g/mol. The molecule has 0 saturated carbocycles. The number of rotatable bonds is 7. The number of carbonyl (C=O) groups excluding carboxylic acids is 2. The second-order valence-electron chi connectivity index (χ2n) is 8.04. The van der Waals surface area contributed by atoms with Crippen molar-refractivity contribution in [3.8, 4) is 11.5 Å². The van der Waals surface area contributed by atoms with Crippen molar-refractivity contribution < 1.29 is 24.0 Å². The average Bonchev–Trinajstić information content (AvgIpc) is 2.92. The van der Waals surface area contributed by atoms with Crippen LogP contribution in [0.3, 0.4) is 0 Å². The molecule has 0 aliphatic carbocycles. The highest BCUT2D eigenvalue weighted by molar-refractivity contribution is 6.09. The molecular formula is C26H25N3O6. The SMILES string of the molecule is COc1cc(OC)cc(C(=O)N2CCN(c3ccc(C(=O)c4ccccc4)cc3[N+](=O)[O-])CC2)c1. The van der Waals surface area contributed by atoms with Gasteiger partial charge in [0.15, 0.2) is 5.78 Å². The number of nitrogens with zero attached hydrogens (tertiary/aromatic N) is 3. The molecular weight excluding hydrogens is 450 g/mol. The van der Waals surface area contributed by atoms with E-state index in [4.69, 9.17) is 9.47 Å². The Morgan fingerprint density at radius 3 is 2.00 bits per heavy atom. The Kier molecular flexibility index (Phi) is 6.96. The maximum atomic E-state index is 13.1. The minimum atomic E-state index is -0.475. The summed E-state index contributed by atoms with van der Waals surface area (Å²) >= 11 is 0. The highest BCUT2D eigenvalue weighted by Crippen LogP contribution is 2.31. The van der Waals surface area contributed by atoms with E-state index < -0.39 is 4.92 Å².